The summed E-state index contributed by atoms with van der Waals surface area (Å²) in [7, 11) is 0. The number of hydrogen-bond donors (Lipinski definition) is 1. The molecule has 1 saturated heterocycles. The SMILES string of the molecule is Cc1ccc([C@@H](N2CCNCC2)C(F)(F)F)c2ccccc12.Cl. The Kier molecular flexibility index (Phi) is 5.55. The summed E-state index contributed by atoms with van der Waals surface area (Å²) in [5.41, 5.74) is 1.36. The van der Waals surface area contributed by atoms with Crippen LogP contribution in [0.4, 0.5) is 13.2 Å². The van der Waals surface area contributed by atoms with Crippen LogP contribution in [-0.4, -0.2) is 37.3 Å². The first-order valence-corrected chi connectivity index (χ1v) is 7.48. The zero-order valence-electron chi connectivity index (χ0n) is 12.9. The zero-order chi connectivity index (χ0) is 15.7. The van der Waals surface area contributed by atoms with Gasteiger partial charge in [-0.3, -0.25) is 4.90 Å². The second-order valence-corrected chi connectivity index (χ2v) is 5.75. The van der Waals surface area contributed by atoms with Crippen LogP contribution in [0, 0.1) is 6.92 Å². The van der Waals surface area contributed by atoms with Crippen molar-refractivity contribution in [3.63, 3.8) is 0 Å². The number of rotatable bonds is 2. The molecule has 1 N–H and O–H groups in total. The van der Waals surface area contributed by atoms with Crippen LogP contribution in [0.5, 0.6) is 0 Å². The highest BCUT2D eigenvalue weighted by molar-refractivity contribution is 5.89. The Morgan fingerprint density at radius 3 is 2.22 bits per heavy atom. The van der Waals surface area contributed by atoms with Gasteiger partial charge in [-0.2, -0.15) is 13.2 Å². The maximum absolute atomic E-state index is 13.8. The van der Waals surface area contributed by atoms with E-state index in [1.54, 1.807) is 24.3 Å². The quantitative estimate of drug-likeness (QED) is 0.883. The fourth-order valence-electron chi connectivity index (χ4n) is 3.23. The second-order valence-electron chi connectivity index (χ2n) is 5.75. The first-order chi connectivity index (χ1) is 10.5. The van der Waals surface area contributed by atoms with Crippen molar-refractivity contribution in [2.75, 3.05) is 26.2 Å². The normalized spacial score (nSPS) is 17.7. The van der Waals surface area contributed by atoms with E-state index in [4.69, 9.17) is 0 Å². The highest BCUT2D eigenvalue weighted by Crippen LogP contribution is 2.41. The topological polar surface area (TPSA) is 15.3 Å². The van der Waals surface area contributed by atoms with Gasteiger partial charge in [0.15, 0.2) is 0 Å². The van der Waals surface area contributed by atoms with Crippen molar-refractivity contribution in [3.8, 4) is 0 Å². The van der Waals surface area contributed by atoms with Gasteiger partial charge in [0.2, 0.25) is 0 Å². The smallest absolute Gasteiger partial charge is 0.314 e. The Morgan fingerprint density at radius 1 is 1.00 bits per heavy atom. The van der Waals surface area contributed by atoms with Crippen molar-refractivity contribution in [1.29, 1.82) is 0 Å². The molecule has 1 aliphatic rings. The molecule has 0 spiro atoms. The molecule has 1 aliphatic heterocycles. The summed E-state index contributed by atoms with van der Waals surface area (Å²) >= 11 is 0. The summed E-state index contributed by atoms with van der Waals surface area (Å²) in [5.74, 6) is 0. The first-order valence-electron chi connectivity index (χ1n) is 7.48. The minimum atomic E-state index is -4.28. The van der Waals surface area contributed by atoms with E-state index in [-0.39, 0.29) is 12.4 Å². The number of nitrogens with one attached hydrogen (secondary N) is 1. The van der Waals surface area contributed by atoms with Gasteiger partial charge in [-0.1, -0.05) is 36.4 Å². The lowest BCUT2D eigenvalue weighted by Crippen LogP contribution is -2.49. The van der Waals surface area contributed by atoms with Crippen molar-refractivity contribution in [3.05, 3.63) is 47.5 Å². The minimum absolute atomic E-state index is 0. The van der Waals surface area contributed by atoms with Gasteiger partial charge in [-0.15, -0.1) is 12.4 Å². The van der Waals surface area contributed by atoms with Crippen molar-refractivity contribution in [2.45, 2.75) is 19.1 Å². The average molecular weight is 345 g/mol. The van der Waals surface area contributed by atoms with Crippen LogP contribution in [0.25, 0.3) is 10.8 Å². The van der Waals surface area contributed by atoms with Gasteiger partial charge < -0.3 is 5.32 Å². The van der Waals surface area contributed by atoms with Crippen LogP contribution in [-0.2, 0) is 0 Å². The number of benzene rings is 2. The Hall–Kier alpha value is -1.30. The molecule has 2 nitrogen and oxygen atoms in total. The average Bonchev–Trinajstić information content (AvgIpc) is 2.50. The van der Waals surface area contributed by atoms with E-state index in [0.29, 0.717) is 37.1 Å². The van der Waals surface area contributed by atoms with Crippen molar-refractivity contribution in [1.82, 2.24) is 10.2 Å². The number of aryl methyl sites for hydroxylation is 1. The van der Waals surface area contributed by atoms with Gasteiger partial charge in [-0.05, 0) is 28.8 Å². The molecular formula is C17H20ClF3N2. The molecule has 0 aromatic heterocycles. The highest BCUT2D eigenvalue weighted by Gasteiger charge is 2.45. The summed E-state index contributed by atoms with van der Waals surface area (Å²) < 4.78 is 41.3. The van der Waals surface area contributed by atoms with E-state index in [0.717, 1.165) is 10.9 Å². The van der Waals surface area contributed by atoms with Crippen molar-refractivity contribution < 1.29 is 13.2 Å². The summed E-state index contributed by atoms with van der Waals surface area (Å²) in [6.07, 6.45) is -4.28. The summed E-state index contributed by atoms with van der Waals surface area (Å²) in [5, 5.41) is 4.70. The van der Waals surface area contributed by atoms with Gasteiger partial charge >= 0.3 is 6.18 Å². The molecule has 1 atom stereocenters. The van der Waals surface area contributed by atoms with Gasteiger partial charge in [-0.25, -0.2) is 0 Å². The maximum Gasteiger partial charge on any atom is 0.408 e. The fraction of sp³-hybridized carbons (Fsp3) is 0.412. The van der Waals surface area contributed by atoms with Gasteiger partial charge in [0, 0.05) is 26.2 Å². The molecule has 0 unspecified atom stereocenters. The lowest BCUT2D eigenvalue weighted by atomic mass is 9.94. The molecular weight excluding hydrogens is 325 g/mol. The van der Waals surface area contributed by atoms with Gasteiger partial charge in [0.05, 0.1) is 0 Å². The lowest BCUT2D eigenvalue weighted by Gasteiger charge is -2.36. The zero-order valence-corrected chi connectivity index (χ0v) is 13.7. The van der Waals surface area contributed by atoms with Crippen LogP contribution >= 0.6 is 12.4 Å². The number of alkyl halides is 3. The number of hydrogen-bond acceptors (Lipinski definition) is 2. The number of halogens is 4. The Bertz CT molecular complexity index is 666. The van der Waals surface area contributed by atoms with E-state index in [2.05, 4.69) is 5.32 Å². The molecule has 0 amide bonds. The van der Waals surface area contributed by atoms with E-state index in [1.165, 1.54) is 4.90 Å². The second kappa shape index (κ2) is 7.07. The number of nitrogens with zero attached hydrogens (tertiary/aromatic N) is 1. The number of piperazine rings is 1. The summed E-state index contributed by atoms with van der Waals surface area (Å²) in [4.78, 5) is 1.54. The highest BCUT2D eigenvalue weighted by atomic mass is 35.5. The van der Waals surface area contributed by atoms with Crippen LogP contribution in [0.3, 0.4) is 0 Å². The summed E-state index contributed by atoms with van der Waals surface area (Å²) in [6, 6.07) is 9.23. The lowest BCUT2D eigenvalue weighted by molar-refractivity contribution is -0.187. The van der Waals surface area contributed by atoms with E-state index >= 15 is 0 Å². The molecule has 2 aromatic carbocycles. The summed E-state index contributed by atoms with van der Waals surface area (Å²) in [6.45, 7) is 3.94. The van der Waals surface area contributed by atoms with Crippen molar-refractivity contribution >= 4 is 23.2 Å². The molecule has 2 aromatic rings. The Balaban J connectivity index is 0.00000192. The molecule has 1 fully saturated rings. The molecule has 1 heterocycles. The van der Waals surface area contributed by atoms with Gasteiger partial charge in [0.25, 0.3) is 0 Å². The van der Waals surface area contributed by atoms with Crippen LogP contribution in [0.2, 0.25) is 0 Å². The molecule has 6 heteroatoms. The molecule has 0 radical (unpaired) electrons. The molecule has 0 saturated carbocycles. The standard InChI is InChI=1S/C17H19F3N2.ClH/c1-12-6-7-15(14-5-3-2-4-13(12)14)16(17(18,19)20)22-10-8-21-9-11-22;/h2-7,16,21H,8-11H2,1H3;1H/t16-;/m1./s1. The largest absolute Gasteiger partial charge is 0.408 e. The molecule has 23 heavy (non-hydrogen) atoms. The van der Waals surface area contributed by atoms with E-state index in [9.17, 15) is 13.2 Å². The van der Waals surface area contributed by atoms with E-state index < -0.39 is 12.2 Å². The van der Waals surface area contributed by atoms with Crippen LogP contribution in [0.1, 0.15) is 17.2 Å². The third-order valence-electron chi connectivity index (χ3n) is 4.30. The predicted octanol–water partition coefficient (Wildman–Crippen LogP) is 4.08. The third kappa shape index (κ3) is 3.62. The van der Waals surface area contributed by atoms with Gasteiger partial charge in [0.1, 0.15) is 6.04 Å². The molecule has 0 aliphatic carbocycles. The van der Waals surface area contributed by atoms with Crippen molar-refractivity contribution in [2.24, 2.45) is 0 Å². The first kappa shape index (κ1) is 18.0. The predicted molar refractivity (Wildman–Crippen MR) is 89.2 cm³/mol. The Morgan fingerprint density at radius 2 is 1.61 bits per heavy atom. The molecule has 3 rings (SSSR count). The monoisotopic (exact) mass is 344 g/mol. The molecule has 0 bridgehead atoms. The Labute approximate surface area is 140 Å². The third-order valence-corrected chi connectivity index (χ3v) is 4.30. The fourth-order valence-corrected chi connectivity index (χ4v) is 3.23. The maximum atomic E-state index is 13.8. The molecule has 126 valence electrons. The van der Waals surface area contributed by atoms with Crippen LogP contribution < -0.4 is 5.32 Å². The minimum Gasteiger partial charge on any atom is -0.314 e. The van der Waals surface area contributed by atoms with E-state index in [1.807, 2.05) is 19.1 Å². The van der Waals surface area contributed by atoms with Crippen LogP contribution in [0.15, 0.2) is 36.4 Å². The number of fused-ring (bicyclic) bond motifs is 1.